The summed E-state index contributed by atoms with van der Waals surface area (Å²) in [6.45, 7) is 3.14. The first kappa shape index (κ1) is 26.7. The lowest BCUT2D eigenvalue weighted by molar-refractivity contribution is -0.139. The maximum absolute atomic E-state index is 13.7. The molecule has 0 aliphatic carbocycles. The van der Waals surface area contributed by atoms with E-state index in [1.807, 2.05) is 37.3 Å². The van der Waals surface area contributed by atoms with E-state index in [1.54, 1.807) is 43.3 Å². The summed E-state index contributed by atoms with van der Waals surface area (Å²) in [5.41, 5.74) is 2.03. The number of carbonyl (C=O) groups is 2. The second-order valence-electron chi connectivity index (χ2n) is 8.32. The SMILES string of the molecule is CNC(=O)[C@H](C)N(Cc1ccccc1)C(=O)CN(c1ccc(OC)cc1)S(=O)(=O)c1ccc(C)cc1. The fourth-order valence-electron chi connectivity index (χ4n) is 3.69. The summed E-state index contributed by atoms with van der Waals surface area (Å²) in [4.78, 5) is 27.6. The number of ether oxygens (including phenoxy) is 1. The van der Waals surface area contributed by atoms with E-state index in [0.717, 1.165) is 15.4 Å². The van der Waals surface area contributed by atoms with Crippen LogP contribution in [0.3, 0.4) is 0 Å². The van der Waals surface area contributed by atoms with E-state index in [9.17, 15) is 18.0 Å². The zero-order valence-electron chi connectivity index (χ0n) is 20.8. The molecule has 0 radical (unpaired) electrons. The number of sulfonamides is 1. The first-order valence-electron chi connectivity index (χ1n) is 11.5. The number of hydrogen-bond acceptors (Lipinski definition) is 5. The Hall–Kier alpha value is -3.85. The number of methoxy groups -OCH3 is 1. The molecule has 36 heavy (non-hydrogen) atoms. The molecule has 1 N–H and O–H groups in total. The number of hydrogen-bond donors (Lipinski definition) is 1. The molecule has 3 aromatic rings. The molecule has 0 aliphatic heterocycles. The molecule has 1 atom stereocenters. The van der Waals surface area contributed by atoms with Crippen LogP contribution < -0.4 is 14.4 Å². The van der Waals surface area contributed by atoms with Gasteiger partial charge < -0.3 is 15.0 Å². The second kappa shape index (κ2) is 11.7. The molecule has 0 spiro atoms. The second-order valence-corrected chi connectivity index (χ2v) is 10.2. The number of nitrogens with zero attached hydrogens (tertiary/aromatic N) is 2. The molecule has 8 nitrogen and oxygen atoms in total. The van der Waals surface area contributed by atoms with E-state index < -0.39 is 28.5 Å². The van der Waals surface area contributed by atoms with Crippen LogP contribution in [0.5, 0.6) is 5.75 Å². The van der Waals surface area contributed by atoms with E-state index >= 15 is 0 Å². The number of carbonyl (C=O) groups excluding carboxylic acids is 2. The molecule has 0 unspecified atom stereocenters. The Labute approximate surface area is 212 Å². The Morgan fingerprint density at radius 2 is 1.56 bits per heavy atom. The highest BCUT2D eigenvalue weighted by Gasteiger charge is 2.32. The molecule has 3 aromatic carbocycles. The Morgan fingerprint density at radius 3 is 2.11 bits per heavy atom. The maximum Gasteiger partial charge on any atom is 0.264 e. The van der Waals surface area contributed by atoms with Gasteiger partial charge in [-0.25, -0.2) is 8.42 Å². The Bertz CT molecular complexity index is 1280. The lowest BCUT2D eigenvalue weighted by atomic mass is 10.1. The zero-order valence-corrected chi connectivity index (χ0v) is 21.7. The van der Waals surface area contributed by atoms with Crippen LogP contribution >= 0.6 is 0 Å². The number of rotatable bonds is 10. The Morgan fingerprint density at radius 1 is 0.944 bits per heavy atom. The van der Waals surface area contributed by atoms with Gasteiger partial charge in [0, 0.05) is 13.6 Å². The third kappa shape index (κ3) is 6.23. The average Bonchev–Trinajstić information content (AvgIpc) is 2.90. The minimum atomic E-state index is -4.10. The van der Waals surface area contributed by atoms with Crippen molar-refractivity contribution in [2.24, 2.45) is 0 Å². The van der Waals surface area contributed by atoms with Crippen molar-refractivity contribution in [3.8, 4) is 5.75 Å². The first-order valence-corrected chi connectivity index (χ1v) is 12.9. The van der Waals surface area contributed by atoms with Crippen molar-refractivity contribution in [3.63, 3.8) is 0 Å². The largest absolute Gasteiger partial charge is 0.497 e. The molecular formula is C27H31N3O5S. The van der Waals surface area contributed by atoms with Crippen molar-refractivity contribution in [1.29, 1.82) is 0 Å². The number of nitrogens with one attached hydrogen (secondary N) is 1. The molecule has 0 bridgehead atoms. The van der Waals surface area contributed by atoms with Gasteiger partial charge in [0.2, 0.25) is 11.8 Å². The van der Waals surface area contributed by atoms with Gasteiger partial charge in [-0.1, -0.05) is 48.0 Å². The molecule has 0 aliphatic rings. The van der Waals surface area contributed by atoms with Gasteiger partial charge in [-0.05, 0) is 55.8 Å². The molecule has 0 aromatic heterocycles. The topological polar surface area (TPSA) is 96.0 Å². The summed E-state index contributed by atoms with van der Waals surface area (Å²) in [6, 6.07) is 21.3. The minimum Gasteiger partial charge on any atom is -0.497 e. The number of anilines is 1. The maximum atomic E-state index is 13.7. The summed E-state index contributed by atoms with van der Waals surface area (Å²) in [5.74, 6) is -0.310. The molecule has 3 rings (SSSR count). The minimum absolute atomic E-state index is 0.0608. The summed E-state index contributed by atoms with van der Waals surface area (Å²) in [7, 11) is -1.09. The Balaban J connectivity index is 2.02. The van der Waals surface area contributed by atoms with Crippen molar-refractivity contribution in [3.05, 3.63) is 90.0 Å². The molecule has 0 fully saturated rings. The van der Waals surface area contributed by atoms with Gasteiger partial charge in [0.25, 0.3) is 10.0 Å². The van der Waals surface area contributed by atoms with Crippen LogP contribution in [0.2, 0.25) is 0 Å². The average molecular weight is 510 g/mol. The van der Waals surface area contributed by atoms with Crippen LogP contribution in [-0.2, 0) is 26.2 Å². The standard InChI is InChI=1S/C27H31N3O5S/c1-20-10-16-25(17-11-20)36(33,34)30(23-12-14-24(35-4)15-13-23)19-26(31)29(21(2)27(32)28-3)18-22-8-6-5-7-9-22/h5-17,21H,18-19H2,1-4H3,(H,28,32)/t21-/m0/s1. The van der Waals surface area contributed by atoms with Crippen LogP contribution in [0.1, 0.15) is 18.1 Å². The van der Waals surface area contributed by atoms with Crippen LogP contribution in [0.4, 0.5) is 5.69 Å². The number of benzene rings is 3. The van der Waals surface area contributed by atoms with Crippen LogP contribution in [0.15, 0.2) is 83.8 Å². The van der Waals surface area contributed by atoms with Gasteiger partial charge in [-0.2, -0.15) is 0 Å². The molecule has 2 amide bonds. The summed E-state index contributed by atoms with van der Waals surface area (Å²) >= 11 is 0. The molecular weight excluding hydrogens is 478 g/mol. The summed E-state index contributed by atoms with van der Waals surface area (Å²) in [6.07, 6.45) is 0. The van der Waals surface area contributed by atoms with E-state index in [2.05, 4.69) is 5.32 Å². The number of likely N-dealkylation sites (N-methyl/N-ethyl adjacent to an activating group) is 1. The fraction of sp³-hybridized carbons (Fsp3) is 0.259. The monoisotopic (exact) mass is 509 g/mol. The highest BCUT2D eigenvalue weighted by Crippen LogP contribution is 2.26. The summed E-state index contributed by atoms with van der Waals surface area (Å²) in [5, 5.41) is 2.57. The van der Waals surface area contributed by atoms with Gasteiger partial charge in [-0.3, -0.25) is 13.9 Å². The van der Waals surface area contributed by atoms with Gasteiger partial charge in [0.1, 0.15) is 18.3 Å². The van der Waals surface area contributed by atoms with Gasteiger partial charge in [0.05, 0.1) is 17.7 Å². The third-order valence-electron chi connectivity index (χ3n) is 5.86. The van der Waals surface area contributed by atoms with Crippen molar-refractivity contribution in [2.45, 2.75) is 31.3 Å². The van der Waals surface area contributed by atoms with Crippen LogP contribution in [0, 0.1) is 6.92 Å². The molecule has 0 heterocycles. The molecule has 0 saturated heterocycles. The fourth-order valence-corrected chi connectivity index (χ4v) is 5.10. The van der Waals surface area contributed by atoms with Crippen molar-refractivity contribution >= 4 is 27.5 Å². The predicted octanol–water partition coefficient (Wildman–Crippen LogP) is 3.36. The predicted molar refractivity (Wildman–Crippen MR) is 139 cm³/mol. The van der Waals surface area contributed by atoms with Crippen molar-refractivity contribution < 1.29 is 22.7 Å². The smallest absolute Gasteiger partial charge is 0.264 e. The lowest BCUT2D eigenvalue weighted by Gasteiger charge is -2.31. The van der Waals surface area contributed by atoms with Crippen LogP contribution in [0.25, 0.3) is 0 Å². The molecule has 190 valence electrons. The summed E-state index contributed by atoms with van der Waals surface area (Å²) < 4.78 is 33.7. The number of aryl methyl sites for hydroxylation is 1. The van der Waals surface area contributed by atoms with Crippen molar-refractivity contribution in [2.75, 3.05) is 25.0 Å². The van der Waals surface area contributed by atoms with Gasteiger partial charge in [-0.15, -0.1) is 0 Å². The van der Waals surface area contributed by atoms with E-state index in [4.69, 9.17) is 4.74 Å². The quantitative estimate of drug-likeness (QED) is 0.452. The first-order chi connectivity index (χ1) is 17.2. The van der Waals surface area contributed by atoms with Crippen LogP contribution in [-0.4, -0.2) is 51.9 Å². The zero-order chi connectivity index (χ0) is 26.3. The molecule has 9 heteroatoms. The van der Waals surface area contributed by atoms with Gasteiger partial charge >= 0.3 is 0 Å². The lowest BCUT2D eigenvalue weighted by Crippen LogP contribution is -2.50. The van der Waals surface area contributed by atoms with E-state index in [1.165, 1.54) is 31.2 Å². The van der Waals surface area contributed by atoms with Gasteiger partial charge in [0.15, 0.2) is 0 Å². The normalized spacial score (nSPS) is 11.9. The molecule has 0 saturated carbocycles. The Kier molecular flexibility index (Phi) is 8.71. The van der Waals surface area contributed by atoms with E-state index in [0.29, 0.717) is 11.4 Å². The highest BCUT2D eigenvalue weighted by molar-refractivity contribution is 7.92. The van der Waals surface area contributed by atoms with E-state index in [-0.39, 0.29) is 17.3 Å². The van der Waals surface area contributed by atoms with Crippen molar-refractivity contribution in [1.82, 2.24) is 10.2 Å². The third-order valence-corrected chi connectivity index (χ3v) is 7.65. The highest BCUT2D eigenvalue weighted by atomic mass is 32.2. The number of amides is 2.